The molecule has 1 amide bonds. The van der Waals surface area contributed by atoms with E-state index in [0.717, 1.165) is 12.1 Å². The van der Waals surface area contributed by atoms with Gasteiger partial charge in [0.1, 0.15) is 0 Å². The average molecular weight is 237 g/mol. The van der Waals surface area contributed by atoms with Gasteiger partial charge in [-0.05, 0) is 23.8 Å². The number of H-pyrrole nitrogens is 1. The van der Waals surface area contributed by atoms with E-state index < -0.39 is 0 Å². The quantitative estimate of drug-likeness (QED) is 0.826. The molecule has 17 heavy (non-hydrogen) atoms. The molecule has 1 rings (SSSR count). The predicted molar refractivity (Wildman–Crippen MR) is 68.3 cm³/mol. The molecule has 0 saturated heterocycles. The maximum atomic E-state index is 11.7. The summed E-state index contributed by atoms with van der Waals surface area (Å²) in [5, 5.41) is 9.54. The lowest BCUT2D eigenvalue weighted by atomic mass is 9.84. The molecule has 0 fully saturated rings. The van der Waals surface area contributed by atoms with E-state index in [2.05, 4.69) is 43.2 Å². The lowest BCUT2D eigenvalue weighted by Crippen LogP contribution is -2.25. The van der Waals surface area contributed by atoms with E-state index in [1.807, 2.05) is 6.07 Å². The van der Waals surface area contributed by atoms with Crippen molar-refractivity contribution < 1.29 is 4.79 Å². The first-order chi connectivity index (χ1) is 7.87. The Balaban J connectivity index is 2.25. The van der Waals surface area contributed by atoms with Gasteiger partial charge in [-0.1, -0.05) is 27.7 Å². The highest BCUT2D eigenvalue weighted by atomic mass is 16.1. The molecule has 0 aliphatic heterocycles. The number of rotatable bonds is 5. The Hall–Kier alpha value is -1.32. The van der Waals surface area contributed by atoms with Gasteiger partial charge in [-0.25, -0.2) is 0 Å². The van der Waals surface area contributed by atoms with Crippen molar-refractivity contribution >= 4 is 5.91 Å². The van der Waals surface area contributed by atoms with Gasteiger partial charge in [-0.15, -0.1) is 0 Å². The van der Waals surface area contributed by atoms with Gasteiger partial charge in [0.25, 0.3) is 0 Å². The zero-order valence-electron chi connectivity index (χ0n) is 11.2. The molecule has 1 unspecified atom stereocenters. The van der Waals surface area contributed by atoms with Crippen LogP contribution >= 0.6 is 0 Å². The summed E-state index contributed by atoms with van der Waals surface area (Å²) < 4.78 is 0. The number of carbonyl (C=O) groups excluding carboxylic acids is 1. The highest BCUT2D eigenvalue weighted by Crippen LogP contribution is 2.25. The molecule has 2 N–H and O–H groups in total. The molecular formula is C13H23N3O. The summed E-state index contributed by atoms with van der Waals surface area (Å²) in [5.74, 6) is 0.521. The number of nitrogens with zero attached hydrogens (tertiary/aromatic N) is 1. The number of nitrogens with one attached hydrogen (secondary N) is 2. The largest absolute Gasteiger partial charge is 0.350 e. The maximum absolute atomic E-state index is 11.7. The second-order valence-electron chi connectivity index (χ2n) is 5.93. The van der Waals surface area contributed by atoms with E-state index in [0.29, 0.717) is 18.9 Å². The SMILES string of the molecule is CC(CC(=O)NCc1ccn[nH]1)CC(C)(C)C. The number of carbonyl (C=O) groups is 1. The Kier molecular flexibility index (Phi) is 4.73. The van der Waals surface area contributed by atoms with E-state index in [1.54, 1.807) is 6.20 Å². The van der Waals surface area contributed by atoms with Gasteiger partial charge >= 0.3 is 0 Å². The predicted octanol–water partition coefficient (Wildman–Crippen LogP) is 2.49. The van der Waals surface area contributed by atoms with Crippen LogP contribution in [-0.4, -0.2) is 16.1 Å². The summed E-state index contributed by atoms with van der Waals surface area (Å²) in [4.78, 5) is 11.7. The van der Waals surface area contributed by atoms with Crippen molar-refractivity contribution in [2.24, 2.45) is 11.3 Å². The van der Waals surface area contributed by atoms with Crippen LogP contribution in [0.3, 0.4) is 0 Å². The van der Waals surface area contributed by atoms with Crippen molar-refractivity contribution in [3.63, 3.8) is 0 Å². The summed E-state index contributed by atoms with van der Waals surface area (Å²) in [6.07, 6.45) is 3.33. The fourth-order valence-electron chi connectivity index (χ4n) is 2.08. The highest BCUT2D eigenvalue weighted by Gasteiger charge is 2.17. The fraction of sp³-hybridized carbons (Fsp3) is 0.692. The average Bonchev–Trinajstić information content (AvgIpc) is 2.63. The topological polar surface area (TPSA) is 57.8 Å². The highest BCUT2D eigenvalue weighted by molar-refractivity contribution is 5.76. The van der Waals surface area contributed by atoms with Crippen molar-refractivity contribution in [1.29, 1.82) is 0 Å². The van der Waals surface area contributed by atoms with E-state index in [9.17, 15) is 4.79 Å². The van der Waals surface area contributed by atoms with Gasteiger partial charge in [0.2, 0.25) is 5.91 Å². The molecular weight excluding hydrogens is 214 g/mol. The molecule has 0 aliphatic carbocycles. The standard InChI is InChI=1S/C13H23N3O/c1-10(8-13(2,3)4)7-12(17)14-9-11-5-6-15-16-11/h5-6,10H,7-9H2,1-4H3,(H,14,17)(H,15,16). The number of aromatic amines is 1. The molecule has 0 spiro atoms. The van der Waals surface area contributed by atoms with Crippen LogP contribution in [0.5, 0.6) is 0 Å². The van der Waals surface area contributed by atoms with Crippen LogP contribution in [0.1, 0.15) is 46.2 Å². The van der Waals surface area contributed by atoms with Crippen LogP contribution in [0, 0.1) is 11.3 Å². The Morgan fingerprint density at radius 2 is 2.24 bits per heavy atom. The summed E-state index contributed by atoms with van der Waals surface area (Å²) in [5.41, 5.74) is 1.21. The third-order valence-corrected chi connectivity index (χ3v) is 2.53. The normalized spacial score (nSPS) is 13.4. The second kappa shape index (κ2) is 5.84. The summed E-state index contributed by atoms with van der Waals surface area (Å²) >= 11 is 0. The molecule has 96 valence electrons. The van der Waals surface area contributed by atoms with Crippen LogP contribution < -0.4 is 5.32 Å². The van der Waals surface area contributed by atoms with Gasteiger partial charge in [0.05, 0.1) is 12.2 Å². The first-order valence-electron chi connectivity index (χ1n) is 6.12. The molecule has 0 aromatic carbocycles. The lowest BCUT2D eigenvalue weighted by Gasteiger charge is -2.22. The van der Waals surface area contributed by atoms with Crippen molar-refractivity contribution in [3.05, 3.63) is 18.0 Å². The third-order valence-electron chi connectivity index (χ3n) is 2.53. The zero-order valence-corrected chi connectivity index (χ0v) is 11.2. The van der Waals surface area contributed by atoms with E-state index in [1.165, 1.54) is 0 Å². The minimum absolute atomic E-state index is 0.108. The van der Waals surface area contributed by atoms with Crippen LogP contribution in [-0.2, 0) is 11.3 Å². The van der Waals surface area contributed by atoms with Crippen LogP contribution in [0.2, 0.25) is 0 Å². The smallest absolute Gasteiger partial charge is 0.220 e. The van der Waals surface area contributed by atoms with E-state index >= 15 is 0 Å². The van der Waals surface area contributed by atoms with Gasteiger partial charge in [0, 0.05) is 12.6 Å². The van der Waals surface area contributed by atoms with Crippen molar-refractivity contribution in [2.45, 2.75) is 47.1 Å². The molecule has 0 bridgehead atoms. The Morgan fingerprint density at radius 3 is 2.76 bits per heavy atom. The van der Waals surface area contributed by atoms with Gasteiger partial charge in [-0.2, -0.15) is 5.10 Å². The molecule has 0 aliphatic rings. The van der Waals surface area contributed by atoms with Crippen molar-refractivity contribution in [1.82, 2.24) is 15.5 Å². The van der Waals surface area contributed by atoms with Gasteiger partial charge < -0.3 is 5.32 Å². The summed E-state index contributed by atoms with van der Waals surface area (Å²) in [6.45, 7) is 9.26. The van der Waals surface area contributed by atoms with E-state index in [4.69, 9.17) is 0 Å². The molecule has 0 saturated carbocycles. The van der Waals surface area contributed by atoms with Crippen LogP contribution in [0.4, 0.5) is 0 Å². The van der Waals surface area contributed by atoms with Crippen molar-refractivity contribution in [2.75, 3.05) is 0 Å². The summed E-state index contributed by atoms with van der Waals surface area (Å²) in [7, 11) is 0. The van der Waals surface area contributed by atoms with Gasteiger partial charge in [-0.3, -0.25) is 9.89 Å². The van der Waals surface area contributed by atoms with Gasteiger partial charge in [0.15, 0.2) is 0 Å². The monoisotopic (exact) mass is 237 g/mol. The minimum atomic E-state index is 0.108. The fourth-order valence-corrected chi connectivity index (χ4v) is 2.08. The molecule has 4 heteroatoms. The maximum Gasteiger partial charge on any atom is 0.220 e. The Labute approximate surface area is 103 Å². The molecule has 1 aromatic rings. The molecule has 1 aromatic heterocycles. The van der Waals surface area contributed by atoms with Crippen LogP contribution in [0.25, 0.3) is 0 Å². The number of amides is 1. The second-order valence-corrected chi connectivity index (χ2v) is 5.93. The lowest BCUT2D eigenvalue weighted by molar-refractivity contribution is -0.122. The zero-order chi connectivity index (χ0) is 12.9. The van der Waals surface area contributed by atoms with Crippen molar-refractivity contribution in [3.8, 4) is 0 Å². The molecule has 1 heterocycles. The Bertz CT molecular complexity index is 338. The number of aromatic nitrogens is 2. The minimum Gasteiger partial charge on any atom is -0.350 e. The first-order valence-corrected chi connectivity index (χ1v) is 6.12. The summed E-state index contributed by atoms with van der Waals surface area (Å²) in [6, 6.07) is 1.86. The van der Waals surface area contributed by atoms with Crippen LogP contribution in [0.15, 0.2) is 12.3 Å². The first kappa shape index (κ1) is 13.7. The number of hydrogen-bond acceptors (Lipinski definition) is 2. The Morgan fingerprint density at radius 1 is 1.53 bits per heavy atom. The van der Waals surface area contributed by atoms with E-state index in [-0.39, 0.29) is 11.3 Å². The third kappa shape index (κ3) is 6.09. The molecule has 4 nitrogen and oxygen atoms in total. The molecule has 1 atom stereocenters. The molecule has 0 radical (unpaired) electrons. The number of hydrogen-bond donors (Lipinski definition) is 2.